The number of carbonyl (C=O) groups is 1. The zero-order valence-electron chi connectivity index (χ0n) is 13.7. The number of benzene rings is 1. The molecule has 0 fully saturated rings. The van der Waals surface area contributed by atoms with Gasteiger partial charge in [-0.25, -0.2) is 4.98 Å². The highest BCUT2D eigenvalue weighted by Gasteiger charge is 2.27. The van der Waals surface area contributed by atoms with E-state index in [9.17, 15) is 4.79 Å². The van der Waals surface area contributed by atoms with Crippen LogP contribution in [0.15, 0.2) is 29.6 Å². The number of hydrogen-bond donors (Lipinski definition) is 2. The van der Waals surface area contributed by atoms with E-state index in [1.165, 1.54) is 4.90 Å². The topological polar surface area (TPSA) is 79.5 Å². The molecule has 0 bridgehead atoms. The minimum Gasteiger partial charge on any atom is -0.399 e. The minimum absolute atomic E-state index is 0.0330. The van der Waals surface area contributed by atoms with Gasteiger partial charge in [0.1, 0.15) is 5.01 Å². The number of likely N-dealkylation sites (N-methyl/N-ethyl adjacent to an activating group) is 1. The van der Waals surface area contributed by atoms with E-state index < -0.39 is 0 Å². The summed E-state index contributed by atoms with van der Waals surface area (Å²) >= 11 is 1.56. The predicted octanol–water partition coefficient (Wildman–Crippen LogP) is 2.04. The van der Waals surface area contributed by atoms with Crippen molar-refractivity contribution < 1.29 is 9.90 Å². The van der Waals surface area contributed by atoms with E-state index in [-0.39, 0.29) is 24.3 Å². The average molecular weight is 333 g/mol. The minimum atomic E-state index is -0.239. The molecule has 23 heavy (non-hydrogen) atoms. The van der Waals surface area contributed by atoms with Gasteiger partial charge in [0.25, 0.3) is 0 Å². The van der Waals surface area contributed by atoms with Crippen molar-refractivity contribution in [2.75, 3.05) is 25.9 Å². The molecule has 124 valence electrons. The highest BCUT2D eigenvalue weighted by atomic mass is 32.1. The van der Waals surface area contributed by atoms with Crippen LogP contribution in [0.5, 0.6) is 0 Å². The first-order valence-electron chi connectivity index (χ1n) is 7.50. The molecule has 2 rings (SSSR count). The molecule has 1 aromatic heterocycles. The Morgan fingerprint density at radius 2 is 2.00 bits per heavy atom. The molecular formula is C17H23N3O2S. The second kappa shape index (κ2) is 7.10. The number of hydrogen-bond acceptors (Lipinski definition) is 5. The lowest BCUT2D eigenvalue weighted by molar-refractivity contribution is -0.129. The largest absolute Gasteiger partial charge is 0.399 e. The number of thiazole rings is 1. The number of anilines is 1. The number of nitrogens with zero attached hydrogens (tertiary/aromatic N) is 2. The van der Waals surface area contributed by atoms with Crippen LogP contribution in [0.25, 0.3) is 0 Å². The van der Waals surface area contributed by atoms with Crippen molar-refractivity contribution in [3.63, 3.8) is 0 Å². The van der Waals surface area contributed by atoms with E-state index in [0.717, 1.165) is 22.0 Å². The van der Waals surface area contributed by atoms with E-state index >= 15 is 0 Å². The Balaban J connectivity index is 2.14. The third-order valence-electron chi connectivity index (χ3n) is 3.91. The highest BCUT2D eigenvalue weighted by molar-refractivity contribution is 7.09. The molecule has 3 N–H and O–H groups in total. The predicted molar refractivity (Wildman–Crippen MR) is 93.5 cm³/mol. The molecule has 1 amide bonds. The SMILES string of the molecule is CN(CCO)C(=O)Cc1csc(C(C)(C)c2ccc(N)cc2)n1. The monoisotopic (exact) mass is 333 g/mol. The van der Waals surface area contributed by atoms with Crippen LogP contribution in [-0.4, -0.2) is 41.1 Å². The fraction of sp³-hybridized carbons (Fsp3) is 0.412. The summed E-state index contributed by atoms with van der Waals surface area (Å²) in [6.07, 6.45) is 0.255. The normalized spacial score (nSPS) is 11.5. The third kappa shape index (κ3) is 4.09. The molecule has 0 saturated heterocycles. The molecule has 5 nitrogen and oxygen atoms in total. The zero-order valence-corrected chi connectivity index (χ0v) is 14.6. The second-order valence-corrected chi connectivity index (χ2v) is 6.96. The summed E-state index contributed by atoms with van der Waals surface area (Å²) in [5.41, 5.74) is 8.15. The Labute approximate surface area is 140 Å². The summed E-state index contributed by atoms with van der Waals surface area (Å²) in [5.74, 6) is -0.0406. The maximum Gasteiger partial charge on any atom is 0.228 e. The van der Waals surface area contributed by atoms with Crippen molar-refractivity contribution in [2.45, 2.75) is 25.7 Å². The maximum atomic E-state index is 12.0. The third-order valence-corrected chi connectivity index (χ3v) is 5.13. The highest BCUT2D eigenvalue weighted by Crippen LogP contribution is 2.33. The van der Waals surface area contributed by atoms with Gasteiger partial charge in [-0.1, -0.05) is 12.1 Å². The quantitative estimate of drug-likeness (QED) is 0.793. The van der Waals surface area contributed by atoms with Gasteiger partial charge in [0.05, 0.1) is 18.7 Å². The number of amides is 1. The van der Waals surface area contributed by atoms with Gasteiger partial charge >= 0.3 is 0 Å². The number of nitrogen functional groups attached to an aromatic ring is 1. The van der Waals surface area contributed by atoms with Crippen molar-refractivity contribution in [1.82, 2.24) is 9.88 Å². The first-order chi connectivity index (χ1) is 10.8. The maximum absolute atomic E-state index is 12.0. The molecule has 2 aromatic rings. The van der Waals surface area contributed by atoms with E-state index in [1.54, 1.807) is 18.4 Å². The van der Waals surface area contributed by atoms with Crippen LogP contribution < -0.4 is 5.73 Å². The second-order valence-electron chi connectivity index (χ2n) is 6.11. The molecule has 1 aromatic carbocycles. The van der Waals surface area contributed by atoms with Crippen molar-refractivity contribution in [2.24, 2.45) is 0 Å². The molecule has 0 atom stereocenters. The molecule has 6 heteroatoms. The van der Waals surface area contributed by atoms with Gasteiger partial charge in [-0.15, -0.1) is 11.3 Å². The van der Waals surface area contributed by atoms with E-state index in [0.29, 0.717) is 6.54 Å². The van der Waals surface area contributed by atoms with E-state index in [1.807, 2.05) is 29.6 Å². The molecule has 0 aliphatic carbocycles. The molecule has 1 heterocycles. The number of nitrogens with two attached hydrogens (primary N) is 1. The summed E-state index contributed by atoms with van der Waals surface area (Å²) in [6, 6.07) is 7.80. The summed E-state index contributed by atoms with van der Waals surface area (Å²) in [6.45, 7) is 4.53. The number of aliphatic hydroxyl groups excluding tert-OH is 1. The average Bonchev–Trinajstić information content (AvgIpc) is 2.97. The van der Waals surface area contributed by atoms with Gasteiger partial charge in [0.15, 0.2) is 0 Å². The molecule has 0 saturated carbocycles. The van der Waals surface area contributed by atoms with Crippen LogP contribution in [0.1, 0.15) is 30.1 Å². The van der Waals surface area contributed by atoms with Crippen molar-refractivity contribution >= 4 is 22.9 Å². The molecular weight excluding hydrogens is 310 g/mol. The van der Waals surface area contributed by atoms with Crippen LogP contribution in [0.3, 0.4) is 0 Å². The molecule has 0 aliphatic heterocycles. The first-order valence-corrected chi connectivity index (χ1v) is 8.38. The first kappa shape index (κ1) is 17.4. The Kier molecular flexibility index (Phi) is 5.38. The van der Waals surface area contributed by atoms with Crippen molar-refractivity contribution in [3.05, 3.63) is 45.9 Å². The molecule has 0 spiro atoms. The van der Waals surface area contributed by atoms with Gasteiger partial charge < -0.3 is 15.7 Å². The van der Waals surface area contributed by atoms with E-state index in [2.05, 4.69) is 18.8 Å². The Morgan fingerprint density at radius 3 is 2.61 bits per heavy atom. The van der Waals surface area contributed by atoms with Gasteiger partial charge in [-0.05, 0) is 31.5 Å². The van der Waals surface area contributed by atoms with Gasteiger partial charge in [0.2, 0.25) is 5.91 Å². The molecule has 0 unspecified atom stereocenters. The fourth-order valence-electron chi connectivity index (χ4n) is 2.26. The van der Waals surface area contributed by atoms with Crippen molar-refractivity contribution in [3.8, 4) is 0 Å². The number of aliphatic hydroxyl groups is 1. The van der Waals surface area contributed by atoms with Crippen LogP contribution >= 0.6 is 11.3 Å². The van der Waals surface area contributed by atoms with Crippen LogP contribution in [-0.2, 0) is 16.6 Å². The number of carbonyl (C=O) groups excluding carboxylic acids is 1. The van der Waals surface area contributed by atoms with Crippen LogP contribution in [0, 0.1) is 0 Å². The molecule has 0 aliphatic rings. The van der Waals surface area contributed by atoms with Gasteiger partial charge in [0, 0.05) is 30.1 Å². The Hall–Kier alpha value is -1.92. The standard InChI is InChI=1S/C17H23N3O2S/c1-17(2,12-4-6-13(18)7-5-12)16-19-14(11-23-16)10-15(22)20(3)8-9-21/h4-7,11,21H,8-10,18H2,1-3H3. The van der Waals surface area contributed by atoms with Crippen LogP contribution in [0.4, 0.5) is 5.69 Å². The smallest absolute Gasteiger partial charge is 0.228 e. The summed E-state index contributed by atoms with van der Waals surface area (Å²) in [5, 5.41) is 11.8. The lowest BCUT2D eigenvalue weighted by Gasteiger charge is -2.22. The lowest BCUT2D eigenvalue weighted by Crippen LogP contribution is -2.30. The number of rotatable bonds is 6. The van der Waals surface area contributed by atoms with E-state index in [4.69, 9.17) is 10.8 Å². The lowest BCUT2D eigenvalue weighted by atomic mass is 9.85. The van der Waals surface area contributed by atoms with Crippen LogP contribution in [0.2, 0.25) is 0 Å². The Morgan fingerprint density at radius 1 is 1.35 bits per heavy atom. The number of aromatic nitrogens is 1. The Bertz CT molecular complexity index is 665. The van der Waals surface area contributed by atoms with Crippen molar-refractivity contribution in [1.29, 1.82) is 0 Å². The summed E-state index contributed by atoms with van der Waals surface area (Å²) < 4.78 is 0. The summed E-state index contributed by atoms with van der Waals surface area (Å²) in [4.78, 5) is 18.2. The zero-order chi connectivity index (χ0) is 17.0. The summed E-state index contributed by atoms with van der Waals surface area (Å²) in [7, 11) is 1.68. The van der Waals surface area contributed by atoms with Gasteiger partial charge in [-0.3, -0.25) is 4.79 Å². The van der Waals surface area contributed by atoms with Gasteiger partial charge in [-0.2, -0.15) is 0 Å². The molecule has 0 radical (unpaired) electrons. The fourth-order valence-corrected chi connectivity index (χ4v) is 3.23.